The Morgan fingerprint density at radius 3 is 2.67 bits per heavy atom. The Morgan fingerprint density at radius 1 is 1.26 bits per heavy atom. The summed E-state index contributed by atoms with van der Waals surface area (Å²) >= 11 is 6.52. The zero-order valence-electron chi connectivity index (χ0n) is 14.5. The van der Waals surface area contributed by atoms with Crippen molar-refractivity contribution in [2.75, 3.05) is 11.5 Å². The molecule has 1 aliphatic rings. The Hall–Kier alpha value is -2.64. The Labute approximate surface area is 166 Å². The lowest BCUT2D eigenvalue weighted by Crippen LogP contribution is -2.27. The molecule has 2 aromatic rings. The highest BCUT2D eigenvalue weighted by Gasteiger charge is 2.33. The van der Waals surface area contributed by atoms with E-state index in [9.17, 15) is 9.59 Å². The van der Waals surface area contributed by atoms with Crippen molar-refractivity contribution in [2.45, 2.75) is 13.3 Å². The number of carbonyl (C=O) groups is 2. The van der Waals surface area contributed by atoms with Crippen LogP contribution in [0.1, 0.15) is 29.3 Å². The molecule has 1 aliphatic heterocycles. The van der Waals surface area contributed by atoms with Crippen LogP contribution >= 0.6 is 24.0 Å². The standard InChI is InChI=1S/C20H17NO4S2/c1-2-10-25-16-8-6-13(7-9-16)11-17-18(22)21(20(26)27-17)15-5-3-4-14(12-15)19(23)24/h3-9,11-12H,2,10H2,1H3,(H,23,24)/b17-11+. The number of carboxylic acids is 1. The Morgan fingerprint density at radius 2 is 2.00 bits per heavy atom. The number of rotatable bonds is 6. The molecule has 0 unspecified atom stereocenters. The van der Waals surface area contributed by atoms with Gasteiger partial charge in [-0.2, -0.15) is 0 Å². The maximum Gasteiger partial charge on any atom is 0.335 e. The summed E-state index contributed by atoms with van der Waals surface area (Å²) < 4.78 is 5.93. The van der Waals surface area contributed by atoms with E-state index in [4.69, 9.17) is 22.1 Å². The molecule has 1 fully saturated rings. The molecular weight excluding hydrogens is 382 g/mol. The van der Waals surface area contributed by atoms with Gasteiger partial charge in [0.15, 0.2) is 4.32 Å². The third kappa shape index (κ3) is 4.37. The first kappa shape index (κ1) is 19.1. The third-order valence-corrected chi connectivity index (χ3v) is 5.10. The van der Waals surface area contributed by atoms with Gasteiger partial charge in [0.25, 0.3) is 5.91 Å². The fourth-order valence-corrected chi connectivity index (χ4v) is 3.80. The van der Waals surface area contributed by atoms with Crippen molar-refractivity contribution < 1.29 is 19.4 Å². The molecule has 1 N–H and O–H groups in total. The molecule has 1 amide bonds. The summed E-state index contributed by atoms with van der Waals surface area (Å²) in [5.74, 6) is -0.533. The molecule has 0 aliphatic carbocycles. The number of thiocarbonyl (C=S) groups is 1. The van der Waals surface area contributed by atoms with E-state index >= 15 is 0 Å². The molecule has 1 saturated heterocycles. The van der Waals surface area contributed by atoms with Crippen molar-refractivity contribution >= 4 is 51.9 Å². The summed E-state index contributed by atoms with van der Waals surface area (Å²) in [5.41, 5.74) is 1.41. The predicted molar refractivity (Wildman–Crippen MR) is 111 cm³/mol. The second-order valence-electron chi connectivity index (χ2n) is 5.79. The molecule has 0 saturated carbocycles. The Balaban J connectivity index is 1.82. The molecule has 138 valence electrons. The van der Waals surface area contributed by atoms with Crippen molar-refractivity contribution in [3.8, 4) is 5.75 Å². The summed E-state index contributed by atoms with van der Waals surface area (Å²) in [6.07, 6.45) is 2.71. The van der Waals surface area contributed by atoms with Gasteiger partial charge >= 0.3 is 5.97 Å². The molecule has 0 spiro atoms. The van der Waals surface area contributed by atoms with Gasteiger partial charge in [0.2, 0.25) is 0 Å². The molecule has 3 rings (SSSR count). The topological polar surface area (TPSA) is 66.8 Å². The lowest BCUT2D eigenvalue weighted by Gasteiger charge is -2.14. The van der Waals surface area contributed by atoms with Crippen LogP contribution in [0.15, 0.2) is 53.4 Å². The molecule has 27 heavy (non-hydrogen) atoms. The van der Waals surface area contributed by atoms with Gasteiger partial charge < -0.3 is 9.84 Å². The molecule has 7 heteroatoms. The van der Waals surface area contributed by atoms with E-state index in [-0.39, 0.29) is 11.5 Å². The largest absolute Gasteiger partial charge is 0.494 e. The fourth-order valence-electron chi connectivity index (χ4n) is 2.50. The van der Waals surface area contributed by atoms with Gasteiger partial charge in [0, 0.05) is 0 Å². The van der Waals surface area contributed by atoms with E-state index in [1.165, 1.54) is 28.8 Å². The molecule has 0 aromatic heterocycles. The lowest BCUT2D eigenvalue weighted by atomic mass is 10.1. The van der Waals surface area contributed by atoms with Crippen molar-refractivity contribution in [3.63, 3.8) is 0 Å². The van der Waals surface area contributed by atoms with Gasteiger partial charge in [-0.25, -0.2) is 4.79 Å². The Kier molecular flexibility index (Phi) is 5.93. The lowest BCUT2D eigenvalue weighted by molar-refractivity contribution is -0.113. The van der Waals surface area contributed by atoms with Crippen LogP contribution in [0, 0.1) is 0 Å². The van der Waals surface area contributed by atoms with Crippen molar-refractivity contribution in [3.05, 3.63) is 64.6 Å². The first-order chi connectivity index (χ1) is 13.0. The van der Waals surface area contributed by atoms with Crippen LogP contribution < -0.4 is 9.64 Å². The van der Waals surface area contributed by atoms with Crippen molar-refractivity contribution in [2.24, 2.45) is 0 Å². The van der Waals surface area contributed by atoms with Crippen LogP contribution in [0.2, 0.25) is 0 Å². The molecular formula is C20H17NO4S2. The summed E-state index contributed by atoms with van der Waals surface area (Å²) in [6.45, 7) is 2.70. The number of thioether (sulfide) groups is 1. The maximum atomic E-state index is 12.8. The number of nitrogens with zero attached hydrogens (tertiary/aromatic N) is 1. The minimum absolute atomic E-state index is 0.105. The molecule has 2 aromatic carbocycles. The highest BCUT2D eigenvalue weighted by atomic mass is 32.2. The van der Waals surface area contributed by atoms with E-state index < -0.39 is 5.97 Å². The van der Waals surface area contributed by atoms with Crippen LogP contribution in [0.25, 0.3) is 6.08 Å². The van der Waals surface area contributed by atoms with Gasteiger partial charge in [0.05, 0.1) is 22.8 Å². The van der Waals surface area contributed by atoms with Gasteiger partial charge in [-0.15, -0.1) is 0 Å². The second kappa shape index (κ2) is 8.37. The summed E-state index contributed by atoms with van der Waals surface area (Å²) in [5, 5.41) is 9.14. The van der Waals surface area contributed by atoms with Gasteiger partial charge in [0.1, 0.15) is 5.75 Å². The van der Waals surface area contributed by atoms with Crippen LogP contribution in [0.4, 0.5) is 5.69 Å². The van der Waals surface area contributed by atoms with Crippen LogP contribution in [-0.2, 0) is 4.79 Å². The van der Waals surface area contributed by atoms with E-state index in [1.54, 1.807) is 18.2 Å². The van der Waals surface area contributed by atoms with Crippen molar-refractivity contribution in [1.29, 1.82) is 0 Å². The minimum atomic E-state index is -1.05. The van der Waals surface area contributed by atoms with Gasteiger partial charge in [-0.3, -0.25) is 9.69 Å². The minimum Gasteiger partial charge on any atom is -0.494 e. The first-order valence-corrected chi connectivity index (χ1v) is 9.56. The zero-order chi connectivity index (χ0) is 19.4. The fraction of sp³-hybridized carbons (Fsp3) is 0.150. The Bertz CT molecular complexity index is 922. The van der Waals surface area contributed by atoms with Gasteiger partial charge in [-0.05, 0) is 48.4 Å². The number of benzene rings is 2. The van der Waals surface area contributed by atoms with Crippen LogP contribution in [-0.4, -0.2) is 27.9 Å². The average molecular weight is 399 g/mol. The smallest absolute Gasteiger partial charge is 0.335 e. The predicted octanol–water partition coefficient (Wildman–Crippen LogP) is 4.58. The van der Waals surface area contributed by atoms with E-state index in [0.29, 0.717) is 21.5 Å². The first-order valence-electron chi connectivity index (χ1n) is 8.34. The quantitative estimate of drug-likeness (QED) is 0.567. The number of carbonyl (C=O) groups excluding carboxylic acids is 1. The summed E-state index contributed by atoms with van der Waals surface area (Å²) in [6, 6.07) is 13.6. The maximum absolute atomic E-state index is 12.8. The van der Waals surface area contributed by atoms with E-state index in [1.807, 2.05) is 31.2 Å². The third-order valence-electron chi connectivity index (χ3n) is 3.80. The normalized spacial score (nSPS) is 15.4. The molecule has 1 heterocycles. The molecule has 5 nitrogen and oxygen atoms in total. The second-order valence-corrected chi connectivity index (χ2v) is 7.47. The number of amides is 1. The number of anilines is 1. The van der Waals surface area contributed by atoms with Crippen LogP contribution in [0.5, 0.6) is 5.75 Å². The summed E-state index contributed by atoms with van der Waals surface area (Å²) in [7, 11) is 0. The monoisotopic (exact) mass is 399 g/mol. The zero-order valence-corrected chi connectivity index (χ0v) is 16.2. The number of carboxylic acid groups (broad SMARTS) is 1. The average Bonchev–Trinajstić information content (AvgIpc) is 2.94. The van der Waals surface area contributed by atoms with Gasteiger partial charge in [-0.1, -0.05) is 49.1 Å². The SMILES string of the molecule is CCCOc1ccc(/C=C2/SC(=S)N(c3cccc(C(=O)O)c3)C2=O)cc1. The highest BCUT2D eigenvalue weighted by molar-refractivity contribution is 8.27. The van der Waals surface area contributed by atoms with E-state index in [2.05, 4.69) is 0 Å². The molecule has 0 bridgehead atoms. The number of ether oxygens (including phenoxy) is 1. The highest BCUT2D eigenvalue weighted by Crippen LogP contribution is 2.36. The molecule has 0 atom stereocenters. The van der Waals surface area contributed by atoms with E-state index in [0.717, 1.165) is 17.7 Å². The summed E-state index contributed by atoms with van der Waals surface area (Å²) in [4.78, 5) is 25.8. The number of hydrogen-bond acceptors (Lipinski definition) is 5. The van der Waals surface area contributed by atoms with Crippen LogP contribution in [0.3, 0.4) is 0 Å². The number of aromatic carboxylic acids is 1. The number of hydrogen-bond donors (Lipinski definition) is 1. The molecule has 0 radical (unpaired) electrons. The van der Waals surface area contributed by atoms with Crippen molar-refractivity contribution in [1.82, 2.24) is 0 Å².